The van der Waals surface area contributed by atoms with Crippen LogP contribution in [0.25, 0.3) is 0 Å². The summed E-state index contributed by atoms with van der Waals surface area (Å²) < 4.78 is 0. The number of hydrogen-bond acceptors (Lipinski definition) is 0. The molecular weight excluding hydrogens is 228 g/mol. The molecule has 96 valence electrons. The lowest BCUT2D eigenvalue weighted by atomic mass is 9.82. The minimum atomic E-state index is 1.11. The van der Waals surface area contributed by atoms with Crippen LogP contribution in [0.1, 0.15) is 30.0 Å². The Morgan fingerprint density at radius 1 is 0.737 bits per heavy atom. The van der Waals surface area contributed by atoms with Gasteiger partial charge in [-0.25, -0.2) is 0 Å². The van der Waals surface area contributed by atoms with Crippen molar-refractivity contribution in [1.82, 2.24) is 0 Å². The fraction of sp³-hybridized carbons (Fsp3) is 0.263. The highest BCUT2D eigenvalue weighted by Crippen LogP contribution is 2.29. The molecule has 1 aliphatic rings. The van der Waals surface area contributed by atoms with Crippen LogP contribution >= 0.6 is 0 Å². The standard InChI is InChI=1S/C19H20/c1-2-16-13-17-10-6-7-11-18(17)14-19(16)12-15-8-4-3-5-9-15/h3-11H,2,12-14H2,1H3. The van der Waals surface area contributed by atoms with Gasteiger partial charge in [-0.2, -0.15) is 0 Å². The molecule has 19 heavy (non-hydrogen) atoms. The first-order chi connectivity index (χ1) is 9.36. The Bertz CT molecular complexity index is 590. The van der Waals surface area contributed by atoms with Gasteiger partial charge in [-0.3, -0.25) is 0 Å². The number of benzene rings is 2. The predicted molar refractivity (Wildman–Crippen MR) is 81.3 cm³/mol. The van der Waals surface area contributed by atoms with Crippen LogP contribution in [0.4, 0.5) is 0 Å². The lowest BCUT2D eigenvalue weighted by Crippen LogP contribution is -2.10. The monoisotopic (exact) mass is 248 g/mol. The van der Waals surface area contributed by atoms with Crippen LogP contribution < -0.4 is 0 Å². The average molecular weight is 248 g/mol. The number of rotatable bonds is 3. The molecule has 0 unspecified atom stereocenters. The predicted octanol–water partition coefficient (Wildman–Crippen LogP) is 4.73. The quantitative estimate of drug-likeness (QED) is 0.689. The van der Waals surface area contributed by atoms with E-state index >= 15 is 0 Å². The Balaban J connectivity index is 1.89. The summed E-state index contributed by atoms with van der Waals surface area (Å²) in [6.45, 7) is 2.29. The summed E-state index contributed by atoms with van der Waals surface area (Å²) in [6.07, 6.45) is 4.57. The van der Waals surface area contributed by atoms with Gasteiger partial charge in [0.2, 0.25) is 0 Å². The normalized spacial score (nSPS) is 14.4. The second kappa shape index (κ2) is 5.44. The largest absolute Gasteiger partial charge is 0.0662 e. The maximum absolute atomic E-state index is 2.29. The molecular formula is C19H20. The minimum Gasteiger partial charge on any atom is -0.0662 e. The molecule has 0 amide bonds. The van der Waals surface area contributed by atoms with Crippen LogP contribution in [0, 0.1) is 0 Å². The molecule has 0 fully saturated rings. The molecule has 2 aromatic rings. The fourth-order valence-electron chi connectivity index (χ4n) is 3.02. The summed E-state index contributed by atoms with van der Waals surface area (Å²) in [5.74, 6) is 0. The molecule has 3 rings (SSSR count). The zero-order chi connectivity index (χ0) is 13.1. The lowest BCUT2D eigenvalue weighted by molar-refractivity contribution is 0.858. The summed E-state index contributed by atoms with van der Waals surface area (Å²) in [7, 11) is 0. The number of hydrogen-bond donors (Lipinski definition) is 0. The molecule has 0 radical (unpaired) electrons. The van der Waals surface area contributed by atoms with Gasteiger partial charge in [0, 0.05) is 0 Å². The van der Waals surface area contributed by atoms with E-state index < -0.39 is 0 Å². The summed E-state index contributed by atoms with van der Waals surface area (Å²) in [6, 6.07) is 19.7. The molecule has 0 heterocycles. The van der Waals surface area contributed by atoms with Gasteiger partial charge in [0.1, 0.15) is 0 Å². The van der Waals surface area contributed by atoms with Gasteiger partial charge in [0.15, 0.2) is 0 Å². The van der Waals surface area contributed by atoms with Crippen molar-refractivity contribution in [3.8, 4) is 0 Å². The maximum Gasteiger partial charge on any atom is -0.00581 e. The third-order valence-corrected chi connectivity index (χ3v) is 4.11. The van der Waals surface area contributed by atoms with Gasteiger partial charge >= 0.3 is 0 Å². The highest BCUT2D eigenvalue weighted by atomic mass is 14.2. The van der Waals surface area contributed by atoms with E-state index in [9.17, 15) is 0 Å². The Labute approximate surface area is 115 Å². The molecule has 0 spiro atoms. The molecule has 0 bridgehead atoms. The van der Waals surface area contributed by atoms with E-state index in [1.54, 1.807) is 11.1 Å². The van der Waals surface area contributed by atoms with Gasteiger partial charge in [-0.05, 0) is 42.4 Å². The average Bonchev–Trinajstić information content (AvgIpc) is 2.47. The first kappa shape index (κ1) is 12.2. The summed E-state index contributed by atoms with van der Waals surface area (Å²) >= 11 is 0. The molecule has 0 aliphatic heterocycles. The van der Waals surface area contributed by atoms with Crippen LogP contribution in [0.2, 0.25) is 0 Å². The van der Waals surface area contributed by atoms with E-state index in [-0.39, 0.29) is 0 Å². The molecule has 0 N–H and O–H groups in total. The Hall–Kier alpha value is -1.82. The second-order valence-corrected chi connectivity index (χ2v) is 5.35. The zero-order valence-corrected chi connectivity index (χ0v) is 11.5. The Morgan fingerprint density at radius 3 is 1.95 bits per heavy atom. The third kappa shape index (κ3) is 2.63. The second-order valence-electron chi connectivity index (χ2n) is 5.35. The van der Waals surface area contributed by atoms with E-state index in [1.165, 1.54) is 23.1 Å². The summed E-state index contributed by atoms with van der Waals surface area (Å²) in [5.41, 5.74) is 7.75. The van der Waals surface area contributed by atoms with E-state index in [4.69, 9.17) is 0 Å². The molecule has 0 atom stereocenters. The van der Waals surface area contributed by atoms with E-state index in [2.05, 4.69) is 61.5 Å². The molecule has 2 aromatic carbocycles. The topological polar surface area (TPSA) is 0 Å². The lowest BCUT2D eigenvalue weighted by Gasteiger charge is -2.23. The molecule has 0 saturated carbocycles. The first-order valence-electron chi connectivity index (χ1n) is 7.17. The van der Waals surface area contributed by atoms with Crippen LogP contribution in [-0.4, -0.2) is 0 Å². The van der Waals surface area contributed by atoms with E-state index in [1.807, 2.05) is 0 Å². The summed E-state index contributed by atoms with van der Waals surface area (Å²) in [5, 5.41) is 0. The van der Waals surface area contributed by atoms with Crippen molar-refractivity contribution in [2.45, 2.75) is 32.6 Å². The number of allylic oxidation sites excluding steroid dienone is 2. The van der Waals surface area contributed by atoms with E-state index in [0.717, 1.165) is 19.3 Å². The SMILES string of the molecule is CCC1=C(Cc2ccccc2)Cc2ccccc2C1. The molecule has 1 aliphatic carbocycles. The van der Waals surface area contributed by atoms with Gasteiger partial charge in [-0.15, -0.1) is 0 Å². The molecule has 0 aromatic heterocycles. The molecule has 0 heteroatoms. The Morgan fingerprint density at radius 2 is 1.32 bits per heavy atom. The minimum absolute atomic E-state index is 1.11. The van der Waals surface area contributed by atoms with Crippen LogP contribution in [0.3, 0.4) is 0 Å². The molecule has 0 nitrogen and oxygen atoms in total. The van der Waals surface area contributed by atoms with Gasteiger partial charge in [0.25, 0.3) is 0 Å². The van der Waals surface area contributed by atoms with Crippen LogP contribution in [0.15, 0.2) is 65.7 Å². The first-order valence-corrected chi connectivity index (χ1v) is 7.17. The highest BCUT2D eigenvalue weighted by Gasteiger charge is 2.16. The number of fused-ring (bicyclic) bond motifs is 1. The molecule has 0 saturated heterocycles. The van der Waals surface area contributed by atoms with Gasteiger partial charge in [0.05, 0.1) is 0 Å². The van der Waals surface area contributed by atoms with Gasteiger partial charge < -0.3 is 0 Å². The van der Waals surface area contributed by atoms with Crippen molar-refractivity contribution in [3.05, 3.63) is 82.4 Å². The fourth-order valence-corrected chi connectivity index (χ4v) is 3.02. The van der Waals surface area contributed by atoms with Crippen LogP contribution in [-0.2, 0) is 19.3 Å². The summed E-state index contributed by atoms with van der Waals surface area (Å²) in [4.78, 5) is 0. The highest BCUT2D eigenvalue weighted by molar-refractivity contribution is 5.42. The maximum atomic E-state index is 2.29. The van der Waals surface area contributed by atoms with Gasteiger partial charge in [-0.1, -0.05) is 72.7 Å². The van der Waals surface area contributed by atoms with Crippen molar-refractivity contribution in [2.24, 2.45) is 0 Å². The third-order valence-electron chi connectivity index (χ3n) is 4.11. The van der Waals surface area contributed by atoms with Crippen molar-refractivity contribution < 1.29 is 0 Å². The van der Waals surface area contributed by atoms with Crippen LogP contribution in [0.5, 0.6) is 0 Å². The van der Waals surface area contributed by atoms with Crippen molar-refractivity contribution in [2.75, 3.05) is 0 Å². The zero-order valence-electron chi connectivity index (χ0n) is 11.5. The van der Waals surface area contributed by atoms with Crippen molar-refractivity contribution in [1.29, 1.82) is 0 Å². The van der Waals surface area contributed by atoms with E-state index in [0.29, 0.717) is 0 Å². The smallest absolute Gasteiger partial charge is 0.00581 e. The van der Waals surface area contributed by atoms with Crippen molar-refractivity contribution >= 4 is 0 Å². The Kier molecular flexibility index (Phi) is 3.50. The van der Waals surface area contributed by atoms with Crippen molar-refractivity contribution in [3.63, 3.8) is 0 Å².